The predicted octanol–water partition coefficient (Wildman–Crippen LogP) is 3.78. The minimum absolute atomic E-state index is 0.0425. The summed E-state index contributed by atoms with van der Waals surface area (Å²) in [5, 5.41) is 5.33. The van der Waals surface area contributed by atoms with Gasteiger partial charge in [0, 0.05) is 37.2 Å². The molecule has 0 bridgehead atoms. The number of hydrogen-bond acceptors (Lipinski definition) is 5. The smallest absolute Gasteiger partial charge is 0.407 e. The SMILES string of the molecule is CC(=O)N1CCCC1COC(=O)N[C@H]1CCOc2c(C(=O)Nc3ccc(F)c(F)c3)cccc21. The van der Waals surface area contributed by atoms with Gasteiger partial charge in [-0.05, 0) is 31.0 Å². The molecule has 8 nitrogen and oxygen atoms in total. The fraction of sp³-hybridized carbons (Fsp3) is 0.375. The van der Waals surface area contributed by atoms with Gasteiger partial charge in [-0.15, -0.1) is 0 Å². The summed E-state index contributed by atoms with van der Waals surface area (Å²) in [4.78, 5) is 38.6. The van der Waals surface area contributed by atoms with Crippen molar-refractivity contribution in [3.63, 3.8) is 0 Å². The number of alkyl carbamates (subject to hydrolysis) is 1. The maximum Gasteiger partial charge on any atom is 0.407 e. The zero-order chi connectivity index (χ0) is 24.2. The topological polar surface area (TPSA) is 97.0 Å². The second kappa shape index (κ2) is 10.1. The van der Waals surface area contributed by atoms with E-state index in [9.17, 15) is 23.2 Å². The van der Waals surface area contributed by atoms with E-state index >= 15 is 0 Å². The molecule has 2 aromatic rings. The van der Waals surface area contributed by atoms with E-state index in [1.54, 1.807) is 23.1 Å². The Hall–Kier alpha value is -3.69. The quantitative estimate of drug-likeness (QED) is 0.689. The van der Waals surface area contributed by atoms with Gasteiger partial charge >= 0.3 is 6.09 Å². The van der Waals surface area contributed by atoms with Crippen molar-refractivity contribution < 1.29 is 32.6 Å². The van der Waals surface area contributed by atoms with Crippen LogP contribution >= 0.6 is 0 Å². The second-order valence-corrected chi connectivity index (χ2v) is 8.25. The lowest BCUT2D eigenvalue weighted by atomic mass is 9.97. The van der Waals surface area contributed by atoms with Gasteiger partial charge in [0.2, 0.25) is 5.91 Å². The van der Waals surface area contributed by atoms with Crippen LogP contribution in [0.5, 0.6) is 5.75 Å². The summed E-state index contributed by atoms with van der Waals surface area (Å²) < 4.78 is 37.7. The highest BCUT2D eigenvalue weighted by molar-refractivity contribution is 6.06. The first kappa shape index (κ1) is 23.5. The number of anilines is 1. The van der Waals surface area contributed by atoms with Gasteiger partial charge < -0.3 is 25.0 Å². The molecule has 3 amide bonds. The molecular formula is C24H25F2N3O5. The van der Waals surface area contributed by atoms with Crippen molar-refractivity contribution in [2.75, 3.05) is 25.1 Å². The molecule has 2 aliphatic rings. The number of hydrogen-bond donors (Lipinski definition) is 2. The van der Waals surface area contributed by atoms with Crippen LogP contribution in [-0.4, -0.2) is 48.6 Å². The van der Waals surface area contributed by atoms with Crippen LogP contribution in [-0.2, 0) is 9.53 Å². The third kappa shape index (κ3) is 5.11. The van der Waals surface area contributed by atoms with Crippen LogP contribution in [0.1, 0.15) is 48.1 Å². The Kier molecular flexibility index (Phi) is 6.95. The summed E-state index contributed by atoms with van der Waals surface area (Å²) in [6.45, 7) is 2.53. The Bertz CT molecular complexity index is 1110. The number of ether oxygens (including phenoxy) is 2. The number of para-hydroxylation sites is 1. The molecule has 2 heterocycles. The highest BCUT2D eigenvalue weighted by Crippen LogP contribution is 2.35. The molecule has 2 atom stereocenters. The van der Waals surface area contributed by atoms with E-state index in [1.165, 1.54) is 13.0 Å². The average Bonchev–Trinajstić information content (AvgIpc) is 3.29. The molecule has 0 aliphatic carbocycles. The zero-order valence-corrected chi connectivity index (χ0v) is 18.6. The Balaban J connectivity index is 1.42. The van der Waals surface area contributed by atoms with Crippen molar-refractivity contribution in [2.45, 2.75) is 38.3 Å². The summed E-state index contributed by atoms with van der Waals surface area (Å²) >= 11 is 0. The Labute approximate surface area is 195 Å². The summed E-state index contributed by atoms with van der Waals surface area (Å²) in [7, 11) is 0. The van der Waals surface area contributed by atoms with E-state index < -0.39 is 29.7 Å². The van der Waals surface area contributed by atoms with Crippen molar-refractivity contribution >= 4 is 23.6 Å². The van der Waals surface area contributed by atoms with Crippen LogP contribution in [0, 0.1) is 11.6 Å². The number of nitrogens with zero attached hydrogens (tertiary/aromatic N) is 1. The van der Waals surface area contributed by atoms with Crippen molar-refractivity contribution in [1.82, 2.24) is 10.2 Å². The summed E-state index contributed by atoms with van der Waals surface area (Å²) in [5.74, 6) is -2.38. The van der Waals surface area contributed by atoms with Gasteiger partial charge in [-0.2, -0.15) is 0 Å². The van der Waals surface area contributed by atoms with Gasteiger partial charge in [-0.1, -0.05) is 12.1 Å². The molecule has 2 aromatic carbocycles. The van der Waals surface area contributed by atoms with Crippen molar-refractivity contribution in [1.29, 1.82) is 0 Å². The van der Waals surface area contributed by atoms with E-state index in [0.29, 0.717) is 24.3 Å². The second-order valence-electron chi connectivity index (χ2n) is 8.25. The molecule has 0 saturated carbocycles. The van der Waals surface area contributed by atoms with Crippen LogP contribution in [0.15, 0.2) is 36.4 Å². The van der Waals surface area contributed by atoms with E-state index in [4.69, 9.17) is 9.47 Å². The number of benzene rings is 2. The molecule has 2 aliphatic heterocycles. The molecule has 1 fully saturated rings. The lowest BCUT2D eigenvalue weighted by molar-refractivity contribution is -0.130. The average molecular weight is 473 g/mol. The number of amides is 3. The number of fused-ring (bicyclic) bond motifs is 1. The first-order valence-electron chi connectivity index (χ1n) is 11.1. The van der Waals surface area contributed by atoms with E-state index in [2.05, 4.69) is 10.6 Å². The number of carbonyl (C=O) groups excluding carboxylic acids is 3. The standard InChI is InChI=1S/C24H25F2N3O5/c1-14(30)29-10-3-4-16(29)13-34-24(32)28-21-9-11-33-22-17(21)5-2-6-18(22)23(31)27-15-7-8-19(25)20(26)12-15/h2,5-8,12,16,21H,3-4,9-11,13H2,1H3,(H,27,31)(H,28,32)/t16?,21-/m0/s1. The molecule has 0 aromatic heterocycles. The fourth-order valence-electron chi connectivity index (χ4n) is 4.31. The molecular weight excluding hydrogens is 448 g/mol. The maximum absolute atomic E-state index is 13.5. The first-order chi connectivity index (χ1) is 16.3. The number of halogens is 2. The maximum atomic E-state index is 13.5. The zero-order valence-electron chi connectivity index (χ0n) is 18.6. The van der Waals surface area contributed by atoms with Gasteiger partial charge in [0.25, 0.3) is 5.91 Å². The third-order valence-corrected chi connectivity index (χ3v) is 5.98. The lowest BCUT2D eigenvalue weighted by Gasteiger charge is -2.28. The largest absolute Gasteiger partial charge is 0.492 e. The van der Waals surface area contributed by atoms with E-state index in [-0.39, 0.29) is 36.4 Å². The van der Waals surface area contributed by atoms with Crippen LogP contribution < -0.4 is 15.4 Å². The van der Waals surface area contributed by atoms with Crippen LogP contribution in [0.25, 0.3) is 0 Å². The molecule has 4 rings (SSSR count). The summed E-state index contributed by atoms with van der Waals surface area (Å²) in [5.41, 5.74) is 0.902. The number of carbonyl (C=O) groups is 3. The highest BCUT2D eigenvalue weighted by atomic mass is 19.2. The summed E-state index contributed by atoms with van der Waals surface area (Å²) in [6, 6.07) is 7.43. The molecule has 1 unspecified atom stereocenters. The monoisotopic (exact) mass is 473 g/mol. The molecule has 0 spiro atoms. The fourth-order valence-corrected chi connectivity index (χ4v) is 4.31. The highest BCUT2D eigenvalue weighted by Gasteiger charge is 2.30. The Morgan fingerprint density at radius 2 is 1.97 bits per heavy atom. The molecule has 180 valence electrons. The first-order valence-corrected chi connectivity index (χ1v) is 11.1. The van der Waals surface area contributed by atoms with Gasteiger partial charge in [0.1, 0.15) is 12.4 Å². The van der Waals surface area contributed by atoms with Crippen molar-refractivity contribution in [3.05, 3.63) is 59.2 Å². The van der Waals surface area contributed by atoms with E-state index in [1.807, 2.05) is 0 Å². The Morgan fingerprint density at radius 3 is 2.74 bits per heavy atom. The number of nitrogens with one attached hydrogen (secondary N) is 2. The molecule has 1 saturated heterocycles. The van der Waals surface area contributed by atoms with Crippen LogP contribution in [0.4, 0.5) is 19.3 Å². The van der Waals surface area contributed by atoms with Gasteiger partial charge in [-0.3, -0.25) is 9.59 Å². The van der Waals surface area contributed by atoms with Crippen LogP contribution in [0.2, 0.25) is 0 Å². The minimum atomic E-state index is -1.07. The normalized spacial score (nSPS) is 19.1. The lowest BCUT2D eigenvalue weighted by Crippen LogP contribution is -2.39. The molecule has 0 radical (unpaired) electrons. The van der Waals surface area contributed by atoms with Gasteiger partial charge in [0.15, 0.2) is 11.6 Å². The van der Waals surface area contributed by atoms with Gasteiger partial charge in [-0.25, -0.2) is 13.6 Å². The summed E-state index contributed by atoms with van der Waals surface area (Å²) in [6.07, 6.45) is 1.51. The number of rotatable bonds is 5. The Morgan fingerprint density at radius 1 is 1.15 bits per heavy atom. The third-order valence-electron chi connectivity index (χ3n) is 5.98. The number of likely N-dealkylation sites (tertiary alicyclic amines) is 1. The van der Waals surface area contributed by atoms with Crippen LogP contribution in [0.3, 0.4) is 0 Å². The molecule has 34 heavy (non-hydrogen) atoms. The van der Waals surface area contributed by atoms with Gasteiger partial charge in [0.05, 0.1) is 24.3 Å². The minimum Gasteiger partial charge on any atom is -0.492 e. The van der Waals surface area contributed by atoms with Crippen molar-refractivity contribution in [3.8, 4) is 5.75 Å². The van der Waals surface area contributed by atoms with E-state index in [0.717, 1.165) is 25.0 Å². The van der Waals surface area contributed by atoms with Crippen molar-refractivity contribution in [2.24, 2.45) is 0 Å². The molecule has 10 heteroatoms. The molecule has 2 N–H and O–H groups in total. The predicted molar refractivity (Wildman–Crippen MR) is 118 cm³/mol.